The summed E-state index contributed by atoms with van der Waals surface area (Å²) in [6.07, 6.45) is 0. The average Bonchev–Trinajstić information content (AvgIpc) is 3.13. The van der Waals surface area contributed by atoms with Gasteiger partial charge in [-0.25, -0.2) is 0 Å². The number of aryl methyl sites for hydroxylation is 1. The van der Waals surface area contributed by atoms with Gasteiger partial charge in [-0.1, -0.05) is 17.7 Å². The Balaban J connectivity index is 1.68. The number of β-lactam (4-membered cyclic amide) rings is 1. The predicted octanol–water partition coefficient (Wildman–Crippen LogP) is 4.33. The number of rotatable bonds is 6. The molecule has 3 aromatic carbocycles. The van der Waals surface area contributed by atoms with Crippen LogP contribution in [0.25, 0.3) is 0 Å². The number of anilines is 1. The maximum absolute atomic E-state index is 13.7. The molecule has 0 radical (unpaired) electrons. The summed E-state index contributed by atoms with van der Waals surface area (Å²) in [4.78, 5) is 53.8. The maximum Gasteiger partial charge on any atom is 0.282 e. The summed E-state index contributed by atoms with van der Waals surface area (Å²) >= 11 is 6.13. The molecule has 0 N–H and O–H groups in total. The number of nitro groups is 1. The van der Waals surface area contributed by atoms with Gasteiger partial charge in [0.05, 0.1) is 30.7 Å². The van der Waals surface area contributed by atoms with Crippen molar-refractivity contribution >= 4 is 40.7 Å². The highest BCUT2D eigenvalue weighted by Crippen LogP contribution is 2.49. The van der Waals surface area contributed by atoms with Crippen molar-refractivity contribution < 1.29 is 28.8 Å². The van der Waals surface area contributed by atoms with Crippen LogP contribution in [0.15, 0.2) is 54.6 Å². The minimum absolute atomic E-state index is 0.121. The Bertz CT molecular complexity index is 1510. The van der Waals surface area contributed by atoms with Crippen molar-refractivity contribution in [2.75, 3.05) is 19.1 Å². The highest BCUT2D eigenvalue weighted by molar-refractivity contribution is 6.31. The van der Waals surface area contributed by atoms with Crippen molar-refractivity contribution in [1.29, 1.82) is 0 Å². The van der Waals surface area contributed by atoms with E-state index in [1.807, 2.05) is 0 Å². The van der Waals surface area contributed by atoms with Crippen molar-refractivity contribution in [3.05, 3.63) is 92.0 Å². The minimum Gasteiger partial charge on any atom is -0.497 e. The molecule has 1 fully saturated rings. The molecule has 10 nitrogen and oxygen atoms in total. The van der Waals surface area contributed by atoms with Crippen LogP contribution in [0.1, 0.15) is 37.9 Å². The molecule has 2 atom stereocenters. The molecule has 0 saturated carbocycles. The molecule has 2 aliphatic heterocycles. The molecule has 188 valence electrons. The van der Waals surface area contributed by atoms with Crippen LogP contribution < -0.4 is 14.4 Å². The maximum atomic E-state index is 13.7. The van der Waals surface area contributed by atoms with E-state index in [1.165, 1.54) is 31.3 Å². The van der Waals surface area contributed by atoms with Gasteiger partial charge in [-0.3, -0.25) is 34.3 Å². The molecule has 11 heteroatoms. The molecule has 0 unspecified atom stereocenters. The molecule has 2 aliphatic rings. The van der Waals surface area contributed by atoms with E-state index in [0.717, 1.165) is 11.0 Å². The van der Waals surface area contributed by atoms with E-state index < -0.39 is 40.4 Å². The smallest absolute Gasteiger partial charge is 0.282 e. The standard InChI is InChI=1S/C26H20ClN3O7/c1-13-11-14(27)7-9-18(13)28-22(17-12-15(36-2)8-10-20(17)37-3)23(26(28)33)29-24(31)16-5-4-6-19(30(34)35)21(16)25(29)32/h4-12,22-23H,1-3H3/t22-,23+/m1/s1. The lowest BCUT2D eigenvalue weighted by molar-refractivity contribution is -0.385. The van der Waals surface area contributed by atoms with Crippen molar-refractivity contribution in [2.45, 2.75) is 19.0 Å². The van der Waals surface area contributed by atoms with Gasteiger partial charge in [0.15, 0.2) is 0 Å². The zero-order valence-corrected chi connectivity index (χ0v) is 20.7. The van der Waals surface area contributed by atoms with Crippen LogP contribution in [-0.4, -0.2) is 47.8 Å². The van der Waals surface area contributed by atoms with Gasteiger partial charge in [0.25, 0.3) is 23.4 Å². The van der Waals surface area contributed by atoms with Gasteiger partial charge < -0.3 is 9.47 Å². The number of ether oxygens (including phenoxy) is 2. The molecular formula is C26H20ClN3O7. The first-order valence-electron chi connectivity index (χ1n) is 11.2. The number of imide groups is 1. The molecule has 0 aliphatic carbocycles. The van der Waals surface area contributed by atoms with Crippen LogP contribution in [-0.2, 0) is 4.79 Å². The van der Waals surface area contributed by atoms with E-state index in [-0.39, 0.29) is 11.1 Å². The second kappa shape index (κ2) is 8.90. The molecule has 0 bridgehead atoms. The van der Waals surface area contributed by atoms with Gasteiger partial charge in [-0.05, 0) is 55.0 Å². The number of nitro benzene ring substituents is 1. The van der Waals surface area contributed by atoms with E-state index >= 15 is 0 Å². The lowest BCUT2D eigenvalue weighted by atomic mass is 9.85. The SMILES string of the molecule is COc1ccc(OC)c([C@@H]2[C@H](N3C(=O)c4cccc([N+](=O)[O-])c4C3=O)C(=O)N2c2ccc(Cl)cc2C)c1. The van der Waals surface area contributed by atoms with Crippen LogP contribution in [0.2, 0.25) is 5.02 Å². The molecule has 2 heterocycles. The Morgan fingerprint density at radius 3 is 2.32 bits per heavy atom. The third kappa shape index (κ3) is 3.60. The topological polar surface area (TPSA) is 119 Å². The highest BCUT2D eigenvalue weighted by atomic mass is 35.5. The van der Waals surface area contributed by atoms with E-state index in [2.05, 4.69) is 0 Å². The third-order valence-electron chi connectivity index (χ3n) is 6.64. The largest absolute Gasteiger partial charge is 0.497 e. The fourth-order valence-corrected chi connectivity index (χ4v) is 5.18. The van der Waals surface area contributed by atoms with Gasteiger partial charge in [-0.15, -0.1) is 0 Å². The number of hydrogen-bond acceptors (Lipinski definition) is 7. The summed E-state index contributed by atoms with van der Waals surface area (Å²) in [7, 11) is 2.95. The zero-order valence-electron chi connectivity index (χ0n) is 19.9. The predicted molar refractivity (Wildman–Crippen MR) is 133 cm³/mol. The van der Waals surface area contributed by atoms with Crippen molar-refractivity contribution in [3.8, 4) is 11.5 Å². The van der Waals surface area contributed by atoms with Crippen LogP contribution in [0.5, 0.6) is 11.5 Å². The van der Waals surface area contributed by atoms with Crippen molar-refractivity contribution in [1.82, 2.24) is 4.90 Å². The molecule has 0 spiro atoms. The van der Waals surface area contributed by atoms with Gasteiger partial charge in [0.2, 0.25) is 0 Å². The summed E-state index contributed by atoms with van der Waals surface area (Å²) in [5.74, 6) is -1.33. The second-order valence-corrected chi connectivity index (χ2v) is 9.01. The van der Waals surface area contributed by atoms with E-state index in [0.29, 0.717) is 33.3 Å². The number of benzene rings is 3. The van der Waals surface area contributed by atoms with Gasteiger partial charge >= 0.3 is 0 Å². The Morgan fingerprint density at radius 1 is 0.919 bits per heavy atom. The third-order valence-corrected chi connectivity index (χ3v) is 6.88. The average molecular weight is 522 g/mol. The Morgan fingerprint density at radius 2 is 1.68 bits per heavy atom. The first-order valence-corrected chi connectivity index (χ1v) is 11.5. The van der Waals surface area contributed by atoms with Crippen LogP contribution in [0.3, 0.4) is 0 Å². The number of halogens is 1. The van der Waals surface area contributed by atoms with Crippen molar-refractivity contribution in [2.24, 2.45) is 0 Å². The molecule has 5 rings (SSSR count). The van der Waals surface area contributed by atoms with Crippen LogP contribution in [0, 0.1) is 17.0 Å². The Kier molecular flexibility index (Phi) is 5.83. The first-order chi connectivity index (χ1) is 17.7. The number of hydrogen-bond donors (Lipinski definition) is 0. The number of amides is 3. The lowest BCUT2D eigenvalue weighted by Crippen LogP contribution is -2.67. The summed E-state index contributed by atoms with van der Waals surface area (Å²) in [5, 5.41) is 12.1. The Hall–Kier alpha value is -4.44. The molecule has 3 aromatic rings. The molecule has 1 saturated heterocycles. The normalized spacial score (nSPS) is 18.5. The van der Waals surface area contributed by atoms with Crippen LogP contribution in [0.4, 0.5) is 11.4 Å². The van der Waals surface area contributed by atoms with E-state index in [9.17, 15) is 24.5 Å². The molecule has 37 heavy (non-hydrogen) atoms. The van der Waals surface area contributed by atoms with Gasteiger partial charge in [-0.2, -0.15) is 0 Å². The van der Waals surface area contributed by atoms with Crippen LogP contribution >= 0.6 is 11.6 Å². The number of fused-ring (bicyclic) bond motifs is 1. The first kappa shape index (κ1) is 24.3. The summed E-state index contributed by atoms with van der Waals surface area (Å²) < 4.78 is 10.9. The molecule has 3 amide bonds. The monoisotopic (exact) mass is 521 g/mol. The Labute approximate surface area is 216 Å². The molecule has 0 aromatic heterocycles. The quantitative estimate of drug-likeness (QED) is 0.205. The number of nitrogens with zero attached hydrogens (tertiary/aromatic N) is 3. The van der Waals surface area contributed by atoms with Gasteiger partial charge in [0.1, 0.15) is 23.1 Å². The van der Waals surface area contributed by atoms with E-state index in [1.54, 1.807) is 43.3 Å². The number of carbonyl (C=O) groups excluding carboxylic acids is 3. The minimum atomic E-state index is -1.27. The summed E-state index contributed by atoms with van der Waals surface area (Å²) in [6.45, 7) is 1.78. The summed E-state index contributed by atoms with van der Waals surface area (Å²) in [5.41, 5.74) is 0.775. The second-order valence-electron chi connectivity index (χ2n) is 8.57. The highest BCUT2D eigenvalue weighted by Gasteiger charge is 2.59. The fraction of sp³-hybridized carbons (Fsp3) is 0.192. The van der Waals surface area contributed by atoms with E-state index in [4.69, 9.17) is 21.1 Å². The number of carbonyl (C=O) groups is 3. The fourth-order valence-electron chi connectivity index (χ4n) is 4.95. The number of methoxy groups -OCH3 is 2. The van der Waals surface area contributed by atoms with Gasteiger partial charge in [0, 0.05) is 22.3 Å². The van der Waals surface area contributed by atoms with Crippen molar-refractivity contribution in [3.63, 3.8) is 0 Å². The summed E-state index contributed by atoms with van der Waals surface area (Å²) in [6, 6.07) is 11.7. The zero-order chi connectivity index (χ0) is 26.6. The molecular weight excluding hydrogens is 502 g/mol. The lowest BCUT2D eigenvalue weighted by Gasteiger charge is -2.50.